The normalized spacial score (nSPS) is 21.7. The predicted octanol–water partition coefficient (Wildman–Crippen LogP) is 2.43. The Balaban J connectivity index is 2.22. The lowest BCUT2D eigenvalue weighted by molar-refractivity contribution is -0.0116. The standard InChI is InChI=1S/C9H12FNOS/c1-7-6-13-8(11-7)9(10)2-4-12-5-3-9/h6H,2-5H2,1H3. The van der Waals surface area contributed by atoms with Crippen LogP contribution in [0.15, 0.2) is 5.38 Å². The number of aromatic nitrogens is 1. The first-order chi connectivity index (χ1) is 6.21. The Bertz CT molecular complexity index is 294. The van der Waals surface area contributed by atoms with E-state index in [0.29, 0.717) is 31.1 Å². The van der Waals surface area contributed by atoms with Gasteiger partial charge in [0.2, 0.25) is 0 Å². The lowest BCUT2D eigenvalue weighted by Crippen LogP contribution is -2.29. The van der Waals surface area contributed by atoms with Crippen LogP contribution in [0.3, 0.4) is 0 Å². The summed E-state index contributed by atoms with van der Waals surface area (Å²) >= 11 is 1.41. The maximum Gasteiger partial charge on any atom is 0.166 e. The number of nitrogens with zero attached hydrogens (tertiary/aromatic N) is 1. The van der Waals surface area contributed by atoms with Crippen molar-refractivity contribution in [3.63, 3.8) is 0 Å². The Morgan fingerprint density at radius 1 is 1.54 bits per heavy atom. The van der Waals surface area contributed by atoms with Crippen LogP contribution in [0.5, 0.6) is 0 Å². The van der Waals surface area contributed by atoms with Crippen molar-refractivity contribution in [1.82, 2.24) is 4.98 Å². The lowest BCUT2D eigenvalue weighted by Gasteiger charge is -2.27. The second-order valence-electron chi connectivity index (χ2n) is 3.37. The van der Waals surface area contributed by atoms with Crippen LogP contribution in [0.1, 0.15) is 23.5 Å². The van der Waals surface area contributed by atoms with E-state index in [1.165, 1.54) is 11.3 Å². The molecule has 2 rings (SSSR count). The van der Waals surface area contributed by atoms with E-state index in [4.69, 9.17) is 4.74 Å². The van der Waals surface area contributed by atoms with E-state index >= 15 is 0 Å². The molecule has 0 saturated carbocycles. The molecule has 0 amide bonds. The Morgan fingerprint density at radius 3 is 2.77 bits per heavy atom. The van der Waals surface area contributed by atoms with Crippen molar-refractivity contribution in [1.29, 1.82) is 0 Å². The minimum Gasteiger partial charge on any atom is -0.381 e. The SMILES string of the molecule is Cc1csc(C2(F)CCOCC2)n1. The van der Waals surface area contributed by atoms with Crippen LogP contribution in [0, 0.1) is 6.92 Å². The van der Waals surface area contributed by atoms with E-state index in [1.54, 1.807) is 0 Å². The first kappa shape index (κ1) is 9.09. The van der Waals surface area contributed by atoms with E-state index in [-0.39, 0.29) is 0 Å². The zero-order chi connectivity index (χ0) is 9.31. The fourth-order valence-electron chi connectivity index (χ4n) is 1.47. The average Bonchev–Trinajstić information content (AvgIpc) is 2.54. The van der Waals surface area contributed by atoms with Gasteiger partial charge in [0.25, 0.3) is 0 Å². The van der Waals surface area contributed by atoms with Crippen LogP contribution < -0.4 is 0 Å². The Kier molecular flexibility index (Phi) is 2.34. The Morgan fingerprint density at radius 2 is 2.23 bits per heavy atom. The van der Waals surface area contributed by atoms with Gasteiger partial charge in [0, 0.05) is 23.9 Å². The molecule has 0 bridgehead atoms. The molecule has 2 heterocycles. The second-order valence-corrected chi connectivity index (χ2v) is 4.23. The second kappa shape index (κ2) is 3.35. The quantitative estimate of drug-likeness (QED) is 0.696. The van der Waals surface area contributed by atoms with Gasteiger partial charge in [-0.2, -0.15) is 0 Å². The largest absolute Gasteiger partial charge is 0.381 e. The molecule has 0 aromatic carbocycles. The molecule has 0 spiro atoms. The summed E-state index contributed by atoms with van der Waals surface area (Å²) in [5.74, 6) is 0. The summed E-state index contributed by atoms with van der Waals surface area (Å²) in [7, 11) is 0. The molecule has 1 aliphatic heterocycles. The van der Waals surface area contributed by atoms with Crippen molar-refractivity contribution in [3.8, 4) is 0 Å². The number of halogens is 1. The molecular formula is C9H12FNOS. The van der Waals surface area contributed by atoms with Crippen molar-refractivity contribution in [2.24, 2.45) is 0 Å². The molecule has 0 unspecified atom stereocenters. The molecule has 1 aromatic heterocycles. The summed E-state index contributed by atoms with van der Waals surface area (Å²) in [6.07, 6.45) is 0.889. The monoisotopic (exact) mass is 201 g/mol. The van der Waals surface area contributed by atoms with Crippen LogP contribution in [-0.2, 0) is 10.4 Å². The number of ether oxygens (including phenoxy) is 1. The van der Waals surface area contributed by atoms with Gasteiger partial charge in [-0.05, 0) is 6.92 Å². The van der Waals surface area contributed by atoms with Gasteiger partial charge >= 0.3 is 0 Å². The molecule has 1 aliphatic rings. The molecule has 1 aromatic rings. The fraction of sp³-hybridized carbons (Fsp3) is 0.667. The molecule has 4 heteroatoms. The Labute approximate surface area is 80.8 Å². The van der Waals surface area contributed by atoms with Crippen LogP contribution in [0.2, 0.25) is 0 Å². The number of hydrogen-bond donors (Lipinski definition) is 0. The number of thiazole rings is 1. The molecule has 0 aliphatic carbocycles. The molecule has 13 heavy (non-hydrogen) atoms. The summed E-state index contributed by atoms with van der Waals surface area (Å²) in [6.45, 7) is 2.91. The molecular weight excluding hydrogens is 189 g/mol. The van der Waals surface area contributed by atoms with Crippen LogP contribution in [0.25, 0.3) is 0 Å². The van der Waals surface area contributed by atoms with Crippen LogP contribution >= 0.6 is 11.3 Å². The van der Waals surface area contributed by atoms with Crippen molar-refractivity contribution in [2.75, 3.05) is 13.2 Å². The third-order valence-electron chi connectivity index (χ3n) is 2.29. The summed E-state index contributed by atoms with van der Waals surface area (Å²) < 4.78 is 19.3. The summed E-state index contributed by atoms with van der Waals surface area (Å²) in [6, 6.07) is 0. The smallest absolute Gasteiger partial charge is 0.166 e. The zero-order valence-electron chi connectivity index (χ0n) is 7.55. The van der Waals surface area contributed by atoms with Gasteiger partial charge in [-0.15, -0.1) is 11.3 Å². The topological polar surface area (TPSA) is 22.1 Å². The predicted molar refractivity (Wildman–Crippen MR) is 49.7 cm³/mol. The molecule has 1 fully saturated rings. The highest BCUT2D eigenvalue weighted by atomic mass is 32.1. The van der Waals surface area contributed by atoms with E-state index in [1.807, 2.05) is 12.3 Å². The van der Waals surface area contributed by atoms with Gasteiger partial charge in [-0.25, -0.2) is 9.37 Å². The van der Waals surface area contributed by atoms with E-state index in [2.05, 4.69) is 4.98 Å². The van der Waals surface area contributed by atoms with E-state index in [0.717, 1.165) is 5.69 Å². The van der Waals surface area contributed by atoms with Crippen LogP contribution in [0.4, 0.5) is 4.39 Å². The van der Waals surface area contributed by atoms with Gasteiger partial charge in [0.15, 0.2) is 5.67 Å². The molecule has 0 radical (unpaired) electrons. The third-order valence-corrected chi connectivity index (χ3v) is 3.43. The molecule has 1 saturated heterocycles. The van der Waals surface area contributed by atoms with E-state index in [9.17, 15) is 4.39 Å². The highest BCUT2D eigenvalue weighted by molar-refractivity contribution is 7.09. The molecule has 2 nitrogen and oxygen atoms in total. The lowest BCUT2D eigenvalue weighted by atomic mass is 9.97. The van der Waals surface area contributed by atoms with Gasteiger partial charge in [0.1, 0.15) is 5.01 Å². The fourth-order valence-corrected chi connectivity index (χ4v) is 2.42. The van der Waals surface area contributed by atoms with E-state index < -0.39 is 5.67 Å². The molecule has 0 N–H and O–H groups in total. The first-order valence-electron chi connectivity index (χ1n) is 4.40. The highest BCUT2D eigenvalue weighted by Gasteiger charge is 2.36. The van der Waals surface area contributed by atoms with Crippen LogP contribution in [-0.4, -0.2) is 18.2 Å². The summed E-state index contributed by atoms with van der Waals surface area (Å²) in [4.78, 5) is 4.19. The van der Waals surface area contributed by atoms with Crippen molar-refractivity contribution >= 4 is 11.3 Å². The van der Waals surface area contributed by atoms with Gasteiger partial charge in [-0.3, -0.25) is 0 Å². The van der Waals surface area contributed by atoms with Gasteiger partial charge in [0.05, 0.1) is 13.2 Å². The average molecular weight is 201 g/mol. The zero-order valence-corrected chi connectivity index (χ0v) is 8.36. The number of aryl methyl sites for hydroxylation is 1. The van der Waals surface area contributed by atoms with Crippen molar-refractivity contribution in [2.45, 2.75) is 25.4 Å². The third kappa shape index (κ3) is 1.74. The number of rotatable bonds is 1. The minimum atomic E-state index is -1.23. The summed E-state index contributed by atoms with van der Waals surface area (Å²) in [5.41, 5.74) is -0.319. The minimum absolute atomic E-state index is 0.444. The van der Waals surface area contributed by atoms with Crippen molar-refractivity contribution in [3.05, 3.63) is 16.1 Å². The molecule has 0 atom stereocenters. The summed E-state index contributed by atoms with van der Waals surface area (Å²) in [5, 5.41) is 2.51. The number of alkyl halides is 1. The van der Waals surface area contributed by atoms with Gasteiger partial charge in [-0.1, -0.05) is 0 Å². The highest BCUT2D eigenvalue weighted by Crippen LogP contribution is 2.37. The number of hydrogen-bond acceptors (Lipinski definition) is 3. The van der Waals surface area contributed by atoms with Crippen molar-refractivity contribution < 1.29 is 9.13 Å². The maximum atomic E-state index is 14.2. The maximum absolute atomic E-state index is 14.2. The van der Waals surface area contributed by atoms with Gasteiger partial charge < -0.3 is 4.74 Å². The Hall–Kier alpha value is -0.480. The molecule has 72 valence electrons. The first-order valence-corrected chi connectivity index (χ1v) is 5.28.